The summed E-state index contributed by atoms with van der Waals surface area (Å²) in [5.41, 5.74) is 6.52. The maximum absolute atomic E-state index is 12.9. The van der Waals surface area contributed by atoms with Crippen molar-refractivity contribution in [2.45, 2.75) is 6.54 Å². The second kappa shape index (κ2) is 8.35. The molecule has 3 N–H and O–H groups in total. The van der Waals surface area contributed by atoms with Crippen LogP contribution in [0.3, 0.4) is 0 Å². The number of hydrogen-bond donors (Lipinski definition) is 2. The van der Waals surface area contributed by atoms with E-state index in [9.17, 15) is 14.0 Å². The van der Waals surface area contributed by atoms with Crippen molar-refractivity contribution in [2.75, 3.05) is 38.0 Å². The number of piperazine rings is 1. The molecular weight excluding hydrogens is 357 g/mol. The molecule has 1 aliphatic rings. The molecule has 0 aliphatic carbocycles. The first-order chi connectivity index (χ1) is 12.5. The van der Waals surface area contributed by atoms with Crippen molar-refractivity contribution in [3.05, 3.63) is 46.2 Å². The van der Waals surface area contributed by atoms with Crippen LogP contribution in [0.1, 0.15) is 15.5 Å². The molecule has 0 saturated carbocycles. The van der Waals surface area contributed by atoms with Crippen LogP contribution in [0.25, 0.3) is 0 Å². The molecule has 1 fully saturated rings. The molecule has 1 aliphatic heterocycles. The van der Waals surface area contributed by atoms with Crippen molar-refractivity contribution in [3.8, 4) is 0 Å². The Morgan fingerprint density at radius 1 is 1.19 bits per heavy atom. The zero-order chi connectivity index (χ0) is 18.5. The van der Waals surface area contributed by atoms with E-state index in [2.05, 4.69) is 10.3 Å². The molecule has 2 aromatic rings. The highest BCUT2D eigenvalue weighted by Gasteiger charge is 2.24. The van der Waals surface area contributed by atoms with Crippen LogP contribution in [0, 0.1) is 5.82 Å². The molecule has 2 amide bonds. The van der Waals surface area contributed by atoms with Gasteiger partial charge in [0.25, 0.3) is 5.91 Å². The lowest BCUT2D eigenvalue weighted by molar-refractivity contribution is -0.117. The first kappa shape index (κ1) is 18.4. The van der Waals surface area contributed by atoms with Gasteiger partial charge in [-0.3, -0.25) is 14.5 Å². The van der Waals surface area contributed by atoms with Gasteiger partial charge in [0.05, 0.1) is 6.54 Å². The summed E-state index contributed by atoms with van der Waals surface area (Å²) in [7, 11) is 0. The number of nitrogens with two attached hydrogens (primary N) is 1. The van der Waals surface area contributed by atoms with Gasteiger partial charge in [-0.2, -0.15) is 0 Å². The van der Waals surface area contributed by atoms with Gasteiger partial charge in [-0.1, -0.05) is 0 Å². The van der Waals surface area contributed by atoms with Gasteiger partial charge in [-0.05, 0) is 24.3 Å². The molecule has 0 atom stereocenters. The third-order valence-electron chi connectivity index (χ3n) is 4.10. The number of amides is 2. The highest BCUT2D eigenvalue weighted by atomic mass is 32.1. The first-order valence-electron chi connectivity index (χ1n) is 8.26. The molecule has 2 heterocycles. The number of carbonyl (C=O) groups excluding carboxylic acids is 2. The van der Waals surface area contributed by atoms with Crippen LogP contribution >= 0.6 is 11.3 Å². The van der Waals surface area contributed by atoms with E-state index in [1.807, 2.05) is 4.90 Å². The summed E-state index contributed by atoms with van der Waals surface area (Å²) in [5, 5.41) is 5.21. The molecule has 0 bridgehead atoms. The minimum Gasteiger partial charge on any atom is -0.335 e. The predicted molar refractivity (Wildman–Crippen MR) is 97.4 cm³/mol. The molecule has 0 radical (unpaired) electrons. The Balaban J connectivity index is 1.46. The highest BCUT2D eigenvalue weighted by Crippen LogP contribution is 2.13. The van der Waals surface area contributed by atoms with E-state index >= 15 is 0 Å². The first-order valence-corrected chi connectivity index (χ1v) is 9.14. The molecule has 1 aromatic heterocycles. The van der Waals surface area contributed by atoms with Gasteiger partial charge in [0, 0.05) is 43.8 Å². The number of nitrogens with one attached hydrogen (secondary N) is 1. The van der Waals surface area contributed by atoms with E-state index in [4.69, 9.17) is 5.73 Å². The van der Waals surface area contributed by atoms with Gasteiger partial charge in [0.1, 0.15) is 16.5 Å². The number of anilines is 1. The van der Waals surface area contributed by atoms with Crippen LogP contribution in [0.5, 0.6) is 0 Å². The summed E-state index contributed by atoms with van der Waals surface area (Å²) in [6.45, 7) is 2.85. The highest BCUT2D eigenvalue weighted by molar-refractivity contribution is 7.09. The fraction of sp³-hybridized carbons (Fsp3) is 0.353. The number of hydrogen-bond acceptors (Lipinski definition) is 6. The quantitative estimate of drug-likeness (QED) is 0.815. The molecule has 0 unspecified atom stereocenters. The van der Waals surface area contributed by atoms with E-state index in [0.29, 0.717) is 44.1 Å². The zero-order valence-electron chi connectivity index (χ0n) is 14.2. The second-order valence-electron chi connectivity index (χ2n) is 5.95. The summed E-state index contributed by atoms with van der Waals surface area (Å²) < 4.78 is 12.9. The monoisotopic (exact) mass is 377 g/mol. The largest absolute Gasteiger partial charge is 0.335 e. The maximum Gasteiger partial charge on any atom is 0.273 e. The Morgan fingerprint density at radius 2 is 1.88 bits per heavy atom. The van der Waals surface area contributed by atoms with E-state index in [1.54, 1.807) is 10.3 Å². The van der Waals surface area contributed by atoms with Crippen LogP contribution in [0.15, 0.2) is 29.6 Å². The summed E-state index contributed by atoms with van der Waals surface area (Å²) in [4.78, 5) is 32.5. The zero-order valence-corrected chi connectivity index (χ0v) is 15.0. The van der Waals surface area contributed by atoms with Crippen molar-refractivity contribution >= 4 is 28.8 Å². The number of aromatic nitrogens is 1. The average Bonchev–Trinajstić information content (AvgIpc) is 3.13. The van der Waals surface area contributed by atoms with E-state index in [1.165, 1.54) is 35.6 Å². The number of nitrogens with zero attached hydrogens (tertiary/aromatic N) is 3. The van der Waals surface area contributed by atoms with E-state index in [-0.39, 0.29) is 24.2 Å². The molecule has 1 aromatic carbocycles. The number of thiazole rings is 1. The Bertz CT molecular complexity index is 772. The van der Waals surface area contributed by atoms with E-state index < -0.39 is 0 Å². The molecule has 0 spiro atoms. The number of rotatable bonds is 5. The lowest BCUT2D eigenvalue weighted by atomic mass is 10.2. The summed E-state index contributed by atoms with van der Waals surface area (Å²) in [6, 6.07) is 5.64. The SMILES string of the molecule is NCc1nc(C(=O)N2CCN(CC(=O)Nc3ccc(F)cc3)CC2)cs1. The summed E-state index contributed by atoms with van der Waals surface area (Å²) in [5.74, 6) is -0.609. The number of carbonyl (C=O) groups is 2. The molecule has 138 valence electrons. The van der Waals surface area contributed by atoms with Gasteiger partial charge >= 0.3 is 0 Å². The van der Waals surface area contributed by atoms with Crippen molar-refractivity contribution in [1.29, 1.82) is 0 Å². The van der Waals surface area contributed by atoms with Crippen molar-refractivity contribution in [2.24, 2.45) is 5.73 Å². The van der Waals surface area contributed by atoms with Crippen molar-refractivity contribution in [1.82, 2.24) is 14.8 Å². The molecule has 9 heteroatoms. The Kier molecular flexibility index (Phi) is 5.92. The van der Waals surface area contributed by atoms with Crippen molar-refractivity contribution < 1.29 is 14.0 Å². The Morgan fingerprint density at radius 3 is 2.50 bits per heavy atom. The fourth-order valence-electron chi connectivity index (χ4n) is 2.71. The fourth-order valence-corrected chi connectivity index (χ4v) is 3.36. The minimum absolute atomic E-state index is 0.101. The lowest BCUT2D eigenvalue weighted by Gasteiger charge is -2.33. The van der Waals surface area contributed by atoms with Crippen LogP contribution in [-0.2, 0) is 11.3 Å². The van der Waals surface area contributed by atoms with Crippen LogP contribution < -0.4 is 11.1 Å². The molecule has 3 rings (SSSR count). The standard InChI is InChI=1S/C17H20FN5O2S/c18-12-1-3-13(4-2-12)20-15(24)10-22-5-7-23(8-6-22)17(25)14-11-26-16(9-19)21-14/h1-4,11H,5-10,19H2,(H,20,24). The number of benzene rings is 1. The topological polar surface area (TPSA) is 91.6 Å². The third kappa shape index (κ3) is 4.63. The molecular formula is C17H20FN5O2S. The van der Waals surface area contributed by atoms with Crippen molar-refractivity contribution in [3.63, 3.8) is 0 Å². The molecule has 1 saturated heterocycles. The normalized spacial score (nSPS) is 15.1. The second-order valence-corrected chi connectivity index (χ2v) is 6.90. The van der Waals surface area contributed by atoms with Gasteiger partial charge < -0.3 is 16.0 Å². The van der Waals surface area contributed by atoms with E-state index in [0.717, 1.165) is 5.01 Å². The predicted octanol–water partition coefficient (Wildman–Crippen LogP) is 1.14. The molecule has 7 nitrogen and oxygen atoms in total. The van der Waals surface area contributed by atoms with Crippen LogP contribution in [0.2, 0.25) is 0 Å². The summed E-state index contributed by atoms with van der Waals surface area (Å²) in [6.07, 6.45) is 0. The number of halogens is 1. The Labute approximate surface area is 154 Å². The maximum atomic E-state index is 12.9. The van der Waals surface area contributed by atoms with Gasteiger partial charge in [-0.15, -0.1) is 11.3 Å². The smallest absolute Gasteiger partial charge is 0.273 e. The van der Waals surface area contributed by atoms with Crippen LogP contribution in [0.4, 0.5) is 10.1 Å². The molecule has 26 heavy (non-hydrogen) atoms. The minimum atomic E-state index is -0.345. The third-order valence-corrected chi connectivity index (χ3v) is 4.97. The van der Waals surface area contributed by atoms with Gasteiger partial charge in [0.15, 0.2) is 0 Å². The van der Waals surface area contributed by atoms with Gasteiger partial charge in [0.2, 0.25) is 5.91 Å². The summed E-state index contributed by atoms with van der Waals surface area (Å²) >= 11 is 1.38. The Hall–Kier alpha value is -2.36. The van der Waals surface area contributed by atoms with Crippen LogP contribution in [-0.4, -0.2) is 59.3 Å². The lowest BCUT2D eigenvalue weighted by Crippen LogP contribution is -2.50. The average molecular weight is 377 g/mol. The van der Waals surface area contributed by atoms with Gasteiger partial charge in [-0.25, -0.2) is 9.37 Å².